The van der Waals surface area contributed by atoms with Crippen LogP contribution in [-0.2, 0) is 0 Å². The van der Waals surface area contributed by atoms with Crippen LogP contribution in [0.25, 0.3) is 0 Å². The highest BCUT2D eigenvalue weighted by atomic mass is 16.4. The molecule has 0 aliphatic carbocycles. The minimum absolute atomic E-state index is 0.0862. The zero-order chi connectivity index (χ0) is 15.4. The summed E-state index contributed by atoms with van der Waals surface area (Å²) in [4.78, 5) is 14.3. The van der Waals surface area contributed by atoms with E-state index in [0.29, 0.717) is 24.4 Å². The first-order valence-corrected chi connectivity index (χ1v) is 6.66. The van der Waals surface area contributed by atoms with Gasteiger partial charge >= 0.3 is 0 Å². The smallest absolute Gasteiger partial charge is 0.257 e. The number of furan rings is 1. The van der Waals surface area contributed by atoms with Crippen molar-refractivity contribution in [2.45, 2.75) is 34.6 Å². The molecule has 112 valence electrons. The van der Waals surface area contributed by atoms with E-state index in [1.165, 1.54) is 0 Å². The molecule has 0 aliphatic rings. The first-order valence-electron chi connectivity index (χ1n) is 6.66. The van der Waals surface area contributed by atoms with Crippen molar-refractivity contribution in [3.8, 4) is 0 Å². The highest BCUT2D eigenvalue weighted by Gasteiger charge is 2.24. The second-order valence-corrected chi connectivity index (χ2v) is 4.98. The fraction of sp³-hybridized carbons (Fsp3) is 0.571. The molecule has 0 bridgehead atoms. The van der Waals surface area contributed by atoms with E-state index in [1.54, 1.807) is 11.8 Å². The number of rotatable bonds is 5. The Hall–Kier alpha value is -1.98. The van der Waals surface area contributed by atoms with Crippen molar-refractivity contribution in [2.75, 3.05) is 13.1 Å². The molecule has 6 heteroatoms. The van der Waals surface area contributed by atoms with Gasteiger partial charge in [0.05, 0.1) is 5.56 Å². The lowest BCUT2D eigenvalue weighted by Gasteiger charge is -2.24. The molecule has 0 fully saturated rings. The van der Waals surface area contributed by atoms with Gasteiger partial charge in [-0.2, -0.15) is 0 Å². The number of amidine groups is 1. The average Bonchev–Trinajstić information content (AvgIpc) is 2.67. The SMILES string of the molecule is CCN(CC(C)C(N)=NO)C(=O)c1c(C)oc(C)c1C. The monoisotopic (exact) mass is 281 g/mol. The number of carbonyl (C=O) groups is 1. The molecule has 1 unspecified atom stereocenters. The minimum Gasteiger partial charge on any atom is -0.466 e. The van der Waals surface area contributed by atoms with Crippen molar-refractivity contribution in [1.82, 2.24) is 4.90 Å². The van der Waals surface area contributed by atoms with Crippen molar-refractivity contribution in [1.29, 1.82) is 0 Å². The molecule has 0 saturated heterocycles. The van der Waals surface area contributed by atoms with E-state index in [1.807, 2.05) is 27.7 Å². The molecule has 0 aliphatic heterocycles. The van der Waals surface area contributed by atoms with Crippen molar-refractivity contribution < 1.29 is 14.4 Å². The van der Waals surface area contributed by atoms with E-state index < -0.39 is 0 Å². The zero-order valence-corrected chi connectivity index (χ0v) is 12.7. The Bertz CT molecular complexity index is 520. The minimum atomic E-state index is -0.211. The van der Waals surface area contributed by atoms with Gasteiger partial charge in [0.25, 0.3) is 5.91 Å². The van der Waals surface area contributed by atoms with Gasteiger partial charge in [0, 0.05) is 24.6 Å². The van der Waals surface area contributed by atoms with Gasteiger partial charge in [-0.15, -0.1) is 0 Å². The molecule has 20 heavy (non-hydrogen) atoms. The van der Waals surface area contributed by atoms with Gasteiger partial charge in [-0.25, -0.2) is 0 Å². The van der Waals surface area contributed by atoms with Crippen LogP contribution in [-0.4, -0.2) is 34.9 Å². The summed E-state index contributed by atoms with van der Waals surface area (Å²) in [7, 11) is 0. The van der Waals surface area contributed by atoms with Crippen LogP contribution in [0.5, 0.6) is 0 Å². The van der Waals surface area contributed by atoms with Crippen LogP contribution in [0.2, 0.25) is 0 Å². The van der Waals surface area contributed by atoms with Gasteiger partial charge in [-0.3, -0.25) is 4.79 Å². The third kappa shape index (κ3) is 3.12. The Kier molecular flexibility index (Phi) is 5.19. The largest absolute Gasteiger partial charge is 0.466 e. The van der Waals surface area contributed by atoms with Gasteiger partial charge in [-0.05, 0) is 27.7 Å². The zero-order valence-electron chi connectivity index (χ0n) is 12.7. The number of oxime groups is 1. The Morgan fingerprint density at radius 1 is 1.40 bits per heavy atom. The maximum absolute atomic E-state index is 12.6. The van der Waals surface area contributed by atoms with Gasteiger partial charge in [0.1, 0.15) is 17.4 Å². The second-order valence-electron chi connectivity index (χ2n) is 4.98. The number of nitrogens with two attached hydrogens (primary N) is 1. The maximum atomic E-state index is 12.6. The standard InChI is InChI=1S/C14H23N3O3/c1-6-17(7-8(2)13(15)16-19)14(18)12-9(3)10(4)20-11(12)5/h8,19H,6-7H2,1-5H3,(H2,15,16). The molecule has 1 aromatic rings. The molecule has 1 aromatic heterocycles. The van der Waals surface area contributed by atoms with Gasteiger partial charge in [-0.1, -0.05) is 12.1 Å². The molecule has 3 N–H and O–H groups in total. The number of hydrogen-bond acceptors (Lipinski definition) is 4. The lowest BCUT2D eigenvalue weighted by Crippen LogP contribution is -2.39. The molecule has 0 aromatic carbocycles. The summed E-state index contributed by atoms with van der Waals surface area (Å²) >= 11 is 0. The summed E-state index contributed by atoms with van der Waals surface area (Å²) in [6, 6.07) is 0. The molecule has 1 amide bonds. The van der Waals surface area contributed by atoms with E-state index in [2.05, 4.69) is 5.16 Å². The topological polar surface area (TPSA) is 92.1 Å². The van der Waals surface area contributed by atoms with Crippen LogP contribution in [0.3, 0.4) is 0 Å². The number of aryl methyl sites for hydroxylation is 2. The molecule has 1 rings (SSSR count). The number of nitrogens with zero attached hydrogens (tertiary/aromatic N) is 2. The highest BCUT2D eigenvalue weighted by molar-refractivity contribution is 5.97. The quantitative estimate of drug-likeness (QED) is 0.374. The fourth-order valence-corrected chi connectivity index (χ4v) is 2.14. The van der Waals surface area contributed by atoms with Crippen molar-refractivity contribution >= 4 is 11.7 Å². The average molecular weight is 281 g/mol. The Labute approximate surface area is 119 Å². The van der Waals surface area contributed by atoms with E-state index in [4.69, 9.17) is 15.4 Å². The molecule has 0 spiro atoms. The molecule has 1 atom stereocenters. The van der Waals surface area contributed by atoms with Crippen LogP contribution in [0, 0.1) is 26.7 Å². The van der Waals surface area contributed by atoms with Gasteiger partial charge in [0.2, 0.25) is 0 Å². The van der Waals surface area contributed by atoms with E-state index >= 15 is 0 Å². The van der Waals surface area contributed by atoms with Crippen LogP contribution >= 0.6 is 0 Å². The summed E-state index contributed by atoms with van der Waals surface area (Å²) in [6.45, 7) is 10.2. The third-order valence-electron chi connectivity index (χ3n) is 3.56. The maximum Gasteiger partial charge on any atom is 0.257 e. The van der Waals surface area contributed by atoms with Crippen molar-refractivity contribution in [2.24, 2.45) is 16.8 Å². The Balaban J connectivity index is 2.98. The van der Waals surface area contributed by atoms with Crippen LogP contribution in [0.15, 0.2) is 9.57 Å². The van der Waals surface area contributed by atoms with E-state index in [-0.39, 0.29) is 17.7 Å². The lowest BCUT2D eigenvalue weighted by molar-refractivity contribution is 0.0751. The van der Waals surface area contributed by atoms with Crippen molar-refractivity contribution in [3.63, 3.8) is 0 Å². The van der Waals surface area contributed by atoms with Crippen molar-refractivity contribution in [3.05, 3.63) is 22.6 Å². The second kappa shape index (κ2) is 6.45. The van der Waals surface area contributed by atoms with Crippen LogP contribution < -0.4 is 5.73 Å². The molecular formula is C14H23N3O3. The molecule has 1 heterocycles. The Morgan fingerprint density at radius 2 is 2.00 bits per heavy atom. The van der Waals surface area contributed by atoms with E-state index in [0.717, 1.165) is 11.3 Å². The number of hydrogen-bond donors (Lipinski definition) is 2. The van der Waals surface area contributed by atoms with Gasteiger partial charge < -0.3 is 20.3 Å². The summed E-state index contributed by atoms with van der Waals surface area (Å²) in [6.07, 6.45) is 0. The van der Waals surface area contributed by atoms with E-state index in [9.17, 15) is 4.79 Å². The normalized spacial score (nSPS) is 13.3. The molecule has 0 radical (unpaired) electrons. The summed E-state index contributed by atoms with van der Waals surface area (Å²) in [5.74, 6) is 1.20. The first kappa shape index (κ1) is 16.1. The summed E-state index contributed by atoms with van der Waals surface area (Å²) in [5, 5.41) is 11.7. The lowest BCUT2D eigenvalue weighted by atomic mass is 10.1. The molecule has 6 nitrogen and oxygen atoms in total. The van der Waals surface area contributed by atoms with Crippen LogP contribution in [0.4, 0.5) is 0 Å². The first-order chi connectivity index (χ1) is 9.33. The summed E-state index contributed by atoms with van der Waals surface area (Å²) in [5.41, 5.74) is 7.04. The number of carbonyl (C=O) groups excluding carboxylic acids is 1. The summed E-state index contributed by atoms with van der Waals surface area (Å²) < 4.78 is 5.50. The Morgan fingerprint density at radius 3 is 2.40 bits per heavy atom. The predicted octanol–water partition coefficient (Wildman–Crippen LogP) is 2.05. The van der Waals surface area contributed by atoms with Crippen LogP contribution in [0.1, 0.15) is 41.3 Å². The fourth-order valence-electron chi connectivity index (χ4n) is 2.14. The number of amides is 1. The predicted molar refractivity (Wildman–Crippen MR) is 77.1 cm³/mol. The molecule has 0 saturated carbocycles. The van der Waals surface area contributed by atoms with Gasteiger partial charge in [0.15, 0.2) is 0 Å². The third-order valence-corrected chi connectivity index (χ3v) is 3.56. The highest BCUT2D eigenvalue weighted by Crippen LogP contribution is 2.22. The molecular weight excluding hydrogens is 258 g/mol.